The molecule has 1 fully saturated rings. The van der Waals surface area contributed by atoms with Gasteiger partial charge in [0.05, 0.1) is 41.5 Å². The lowest BCUT2D eigenvalue weighted by molar-refractivity contribution is 0.0784. The van der Waals surface area contributed by atoms with E-state index in [0.29, 0.717) is 48.3 Å². The van der Waals surface area contributed by atoms with E-state index < -0.39 is 9.84 Å². The van der Waals surface area contributed by atoms with Gasteiger partial charge < -0.3 is 14.4 Å². The van der Waals surface area contributed by atoms with Crippen LogP contribution in [-0.4, -0.2) is 60.8 Å². The van der Waals surface area contributed by atoms with Crippen molar-refractivity contribution in [3.63, 3.8) is 0 Å². The zero-order valence-corrected chi connectivity index (χ0v) is 19.4. The van der Waals surface area contributed by atoms with E-state index in [2.05, 4.69) is 5.10 Å². The van der Waals surface area contributed by atoms with Crippen LogP contribution in [0.3, 0.4) is 0 Å². The third-order valence-electron chi connectivity index (χ3n) is 5.82. The van der Waals surface area contributed by atoms with Gasteiger partial charge in [-0.05, 0) is 32.4 Å². The van der Waals surface area contributed by atoms with Gasteiger partial charge in [0, 0.05) is 36.8 Å². The minimum atomic E-state index is -3.01. The molecule has 8 nitrogen and oxygen atoms in total. The molecule has 0 saturated carbocycles. The van der Waals surface area contributed by atoms with Crippen molar-refractivity contribution in [2.24, 2.45) is 0 Å². The first-order valence-corrected chi connectivity index (χ1v) is 12.5. The molecule has 4 rings (SSSR count). The highest BCUT2D eigenvalue weighted by atomic mass is 35.5. The van der Waals surface area contributed by atoms with E-state index >= 15 is 0 Å². The average Bonchev–Trinajstić information content (AvgIpc) is 3.08. The lowest BCUT2D eigenvalue weighted by Crippen LogP contribution is -2.27. The highest BCUT2D eigenvalue weighted by Gasteiger charge is 2.32. The molecule has 1 aromatic heterocycles. The Morgan fingerprint density at radius 3 is 2.74 bits per heavy atom. The largest absolute Gasteiger partial charge is 0.489 e. The van der Waals surface area contributed by atoms with Gasteiger partial charge in [0.2, 0.25) is 0 Å². The summed E-state index contributed by atoms with van der Waals surface area (Å²) in [6, 6.07) is 3.11. The normalized spacial score (nSPS) is 19.8. The number of fused-ring (bicyclic) bond motifs is 1. The van der Waals surface area contributed by atoms with Gasteiger partial charge in [0.1, 0.15) is 0 Å². The summed E-state index contributed by atoms with van der Waals surface area (Å²) in [4.78, 5) is 14.7. The molecule has 3 heterocycles. The van der Waals surface area contributed by atoms with Gasteiger partial charge in [-0.25, -0.2) is 8.42 Å². The summed E-state index contributed by atoms with van der Waals surface area (Å²) < 4.78 is 36.9. The highest BCUT2D eigenvalue weighted by Crippen LogP contribution is 2.38. The number of carbonyl (C=O) groups is 1. The topological polar surface area (TPSA) is 90.7 Å². The number of nitrogens with zero attached hydrogens (tertiary/aromatic N) is 3. The van der Waals surface area contributed by atoms with E-state index in [-0.39, 0.29) is 23.5 Å². The summed E-state index contributed by atoms with van der Waals surface area (Å²) in [5.74, 6) is 1.04. The Kier molecular flexibility index (Phi) is 5.91. The number of aryl methyl sites for hydroxylation is 1. The Hall–Kier alpha value is -2.26. The fourth-order valence-corrected chi connectivity index (χ4v) is 6.09. The van der Waals surface area contributed by atoms with E-state index in [1.54, 1.807) is 28.8 Å². The average molecular weight is 468 g/mol. The molecule has 2 aliphatic rings. The number of sulfone groups is 1. The first-order valence-electron chi connectivity index (χ1n) is 10.3. The second kappa shape index (κ2) is 8.35. The number of hydrogen-bond donors (Lipinski definition) is 0. The lowest BCUT2D eigenvalue weighted by Gasteiger charge is -2.19. The Balaban J connectivity index is 1.55. The molecule has 0 N–H and O–H groups in total. The molecule has 0 aliphatic carbocycles. The number of aromatic nitrogens is 2. The molecular weight excluding hydrogens is 442 g/mol. The standard InChI is InChI=1S/C21H26ClN3O5S/c1-13-17(14(2)25(23-13)16-5-8-31(27,28)12-16)11-24(3)21(26)15-9-18(22)20-19(10-15)29-6-4-7-30-20/h9-10,16H,4-8,11-12H2,1-3H3/t16-/m1/s1. The van der Waals surface area contributed by atoms with Crippen LogP contribution in [0.15, 0.2) is 12.1 Å². The molecule has 168 valence electrons. The third-order valence-corrected chi connectivity index (χ3v) is 7.85. The van der Waals surface area contributed by atoms with Crippen molar-refractivity contribution in [3.8, 4) is 11.5 Å². The molecule has 0 bridgehead atoms. The number of hydrogen-bond acceptors (Lipinski definition) is 6. The van der Waals surface area contributed by atoms with E-state index in [4.69, 9.17) is 21.1 Å². The van der Waals surface area contributed by atoms with Crippen LogP contribution >= 0.6 is 11.6 Å². The Morgan fingerprint density at radius 2 is 2.03 bits per heavy atom. The molecule has 10 heteroatoms. The quantitative estimate of drug-likeness (QED) is 0.686. The van der Waals surface area contributed by atoms with Gasteiger partial charge in [-0.1, -0.05) is 11.6 Å². The Labute approximate surface area is 187 Å². The van der Waals surface area contributed by atoms with Crippen molar-refractivity contribution in [1.29, 1.82) is 0 Å². The van der Waals surface area contributed by atoms with Crippen molar-refractivity contribution in [2.75, 3.05) is 31.8 Å². The van der Waals surface area contributed by atoms with Crippen LogP contribution in [0.2, 0.25) is 5.02 Å². The van der Waals surface area contributed by atoms with Crippen molar-refractivity contribution in [3.05, 3.63) is 39.7 Å². The van der Waals surface area contributed by atoms with Crippen molar-refractivity contribution >= 4 is 27.3 Å². The highest BCUT2D eigenvalue weighted by molar-refractivity contribution is 7.91. The summed E-state index contributed by atoms with van der Waals surface area (Å²) in [7, 11) is -1.29. The summed E-state index contributed by atoms with van der Waals surface area (Å²) in [5, 5.41) is 4.93. The predicted molar refractivity (Wildman–Crippen MR) is 117 cm³/mol. The molecule has 1 atom stereocenters. The summed E-state index contributed by atoms with van der Waals surface area (Å²) in [6.45, 7) is 5.17. The van der Waals surface area contributed by atoms with Crippen molar-refractivity contribution in [2.45, 2.75) is 39.3 Å². The molecule has 1 aromatic carbocycles. The fourth-order valence-electron chi connectivity index (χ4n) is 4.13. The maximum Gasteiger partial charge on any atom is 0.254 e. The first kappa shape index (κ1) is 22.0. The molecular formula is C21H26ClN3O5S. The molecule has 2 aliphatic heterocycles. The second-order valence-electron chi connectivity index (χ2n) is 8.15. The maximum absolute atomic E-state index is 13.1. The lowest BCUT2D eigenvalue weighted by atomic mass is 10.1. The molecule has 1 saturated heterocycles. The van der Waals surface area contributed by atoms with Crippen LogP contribution in [0.5, 0.6) is 11.5 Å². The minimum Gasteiger partial charge on any atom is -0.489 e. The van der Waals surface area contributed by atoms with Crippen LogP contribution in [0.1, 0.15) is 46.2 Å². The summed E-state index contributed by atoms with van der Waals surface area (Å²) >= 11 is 6.34. The van der Waals surface area contributed by atoms with Crippen LogP contribution in [0, 0.1) is 13.8 Å². The number of halogens is 1. The maximum atomic E-state index is 13.1. The zero-order chi connectivity index (χ0) is 22.3. The van der Waals surface area contributed by atoms with Gasteiger partial charge in [-0.2, -0.15) is 5.10 Å². The van der Waals surface area contributed by atoms with Crippen molar-refractivity contribution < 1.29 is 22.7 Å². The van der Waals surface area contributed by atoms with Crippen molar-refractivity contribution in [1.82, 2.24) is 14.7 Å². The minimum absolute atomic E-state index is 0.110. The molecule has 0 radical (unpaired) electrons. The van der Waals surface area contributed by atoms with E-state index in [0.717, 1.165) is 23.4 Å². The fraction of sp³-hybridized carbons (Fsp3) is 0.524. The Bertz CT molecular complexity index is 1130. The van der Waals surface area contributed by atoms with Gasteiger partial charge in [0.15, 0.2) is 21.3 Å². The van der Waals surface area contributed by atoms with Crippen LogP contribution in [0.4, 0.5) is 0 Å². The second-order valence-corrected chi connectivity index (χ2v) is 10.8. The molecule has 2 aromatic rings. The van der Waals surface area contributed by atoms with Crippen LogP contribution < -0.4 is 9.47 Å². The van der Waals surface area contributed by atoms with Gasteiger partial charge in [-0.15, -0.1) is 0 Å². The first-order chi connectivity index (χ1) is 14.7. The zero-order valence-electron chi connectivity index (χ0n) is 17.9. The van der Waals surface area contributed by atoms with E-state index in [9.17, 15) is 13.2 Å². The van der Waals surface area contributed by atoms with Gasteiger partial charge in [0.25, 0.3) is 5.91 Å². The number of rotatable bonds is 4. The number of amides is 1. The Morgan fingerprint density at radius 1 is 1.29 bits per heavy atom. The molecule has 1 amide bonds. The molecule has 0 spiro atoms. The van der Waals surface area contributed by atoms with Crippen LogP contribution in [0.25, 0.3) is 0 Å². The molecule has 31 heavy (non-hydrogen) atoms. The molecule has 0 unspecified atom stereocenters. The monoisotopic (exact) mass is 467 g/mol. The smallest absolute Gasteiger partial charge is 0.254 e. The van der Waals surface area contributed by atoms with E-state index in [1.807, 2.05) is 13.8 Å². The number of carbonyl (C=O) groups excluding carboxylic acids is 1. The van der Waals surface area contributed by atoms with Crippen LogP contribution in [-0.2, 0) is 16.4 Å². The number of benzene rings is 1. The predicted octanol–water partition coefficient (Wildman–Crippen LogP) is 2.95. The summed E-state index contributed by atoms with van der Waals surface area (Å²) in [6.07, 6.45) is 1.31. The third kappa shape index (κ3) is 4.39. The van der Waals surface area contributed by atoms with E-state index in [1.165, 1.54) is 0 Å². The van der Waals surface area contributed by atoms with Gasteiger partial charge >= 0.3 is 0 Å². The van der Waals surface area contributed by atoms with Gasteiger partial charge in [-0.3, -0.25) is 9.48 Å². The number of ether oxygens (including phenoxy) is 2. The SMILES string of the molecule is Cc1nn([C@@H]2CCS(=O)(=O)C2)c(C)c1CN(C)C(=O)c1cc(Cl)c2c(c1)OCCCO2. The summed E-state index contributed by atoms with van der Waals surface area (Å²) in [5.41, 5.74) is 3.01.